The maximum Gasteiger partial charge on any atom is 0.341 e. The summed E-state index contributed by atoms with van der Waals surface area (Å²) in [4.78, 5) is -0.663. The van der Waals surface area contributed by atoms with Crippen LogP contribution in [0.25, 0.3) is 0 Å². The highest BCUT2D eigenvalue weighted by Gasteiger charge is 2.35. The van der Waals surface area contributed by atoms with Crippen molar-refractivity contribution in [3.63, 3.8) is 0 Å². The molecule has 0 saturated carbocycles. The number of hydrogen-bond donors (Lipinski definition) is 0. The van der Waals surface area contributed by atoms with Crippen LogP contribution in [0.1, 0.15) is 11.1 Å². The van der Waals surface area contributed by atoms with E-state index < -0.39 is 32.5 Å². The lowest BCUT2D eigenvalue weighted by Gasteiger charge is -2.09. The Morgan fingerprint density at radius 1 is 1.18 bits per heavy atom. The zero-order chi connectivity index (χ0) is 12.8. The van der Waals surface area contributed by atoms with Crippen LogP contribution in [0.3, 0.4) is 0 Å². The van der Waals surface area contributed by atoms with Crippen molar-refractivity contribution in [2.24, 2.45) is 0 Å². The van der Waals surface area contributed by atoms with Crippen LogP contribution in [0.4, 0.5) is 17.6 Å². The molecule has 2 nitrogen and oxygen atoms in total. The molecule has 1 atom stereocenters. The van der Waals surface area contributed by atoms with Crippen LogP contribution in [0.15, 0.2) is 17.0 Å². The summed E-state index contributed by atoms with van der Waals surface area (Å²) in [6.07, 6.45) is -2.03. The van der Waals surface area contributed by atoms with Crippen molar-refractivity contribution in [3.05, 3.63) is 29.1 Å². The van der Waals surface area contributed by atoms with E-state index in [2.05, 4.69) is 0 Å². The highest BCUT2D eigenvalue weighted by Crippen LogP contribution is 2.33. The molecule has 0 N–H and O–H groups in total. The Morgan fingerprint density at radius 3 is 2.35 bits per heavy atom. The first kappa shape index (κ1) is 12.3. The average Bonchev–Trinajstić information content (AvgIpc) is 2.60. The Balaban J connectivity index is 2.64. The molecule has 1 unspecified atom stereocenters. The number of hydrogen-bond acceptors (Lipinski definition) is 2. The van der Waals surface area contributed by atoms with Crippen molar-refractivity contribution in [2.45, 2.75) is 29.7 Å². The fourth-order valence-electron chi connectivity index (χ4n) is 1.97. The van der Waals surface area contributed by atoms with Crippen LogP contribution in [0.5, 0.6) is 0 Å². The molecule has 1 aliphatic carbocycles. The molecular weight excluding hydrogens is 260 g/mol. The van der Waals surface area contributed by atoms with E-state index in [1.807, 2.05) is 0 Å². The van der Waals surface area contributed by atoms with E-state index in [-0.39, 0.29) is 24.0 Å². The van der Waals surface area contributed by atoms with Gasteiger partial charge in [0, 0.05) is 12.8 Å². The standard InChI is InChI=1S/C10H8F4O2S/c11-5-3-6-7(4-5)9(2-1-8(6)12)17(15,16)10(13)14/h1-2,5,10H,3-4H2. The molecule has 0 heterocycles. The van der Waals surface area contributed by atoms with Crippen LogP contribution in [-0.4, -0.2) is 20.3 Å². The van der Waals surface area contributed by atoms with Crippen LogP contribution in [0, 0.1) is 5.82 Å². The second kappa shape index (κ2) is 3.97. The van der Waals surface area contributed by atoms with Crippen molar-refractivity contribution >= 4 is 9.84 Å². The highest BCUT2D eigenvalue weighted by molar-refractivity contribution is 7.91. The smallest absolute Gasteiger partial charge is 0.247 e. The average molecular weight is 268 g/mol. The Kier molecular flexibility index (Phi) is 2.89. The second-order valence-electron chi connectivity index (χ2n) is 3.81. The summed E-state index contributed by atoms with van der Waals surface area (Å²) in [6.45, 7) is 0. The van der Waals surface area contributed by atoms with Crippen molar-refractivity contribution in [2.75, 3.05) is 0 Å². The van der Waals surface area contributed by atoms with E-state index >= 15 is 0 Å². The summed E-state index contributed by atoms with van der Waals surface area (Å²) in [5, 5.41) is 0. The molecule has 17 heavy (non-hydrogen) atoms. The van der Waals surface area contributed by atoms with Crippen molar-refractivity contribution in [1.29, 1.82) is 0 Å². The topological polar surface area (TPSA) is 34.1 Å². The van der Waals surface area contributed by atoms with E-state index in [0.29, 0.717) is 0 Å². The van der Waals surface area contributed by atoms with Gasteiger partial charge in [-0.25, -0.2) is 17.2 Å². The molecule has 0 radical (unpaired) electrons. The number of rotatable bonds is 2. The third kappa shape index (κ3) is 1.92. The van der Waals surface area contributed by atoms with Crippen LogP contribution in [0.2, 0.25) is 0 Å². The third-order valence-corrected chi connectivity index (χ3v) is 4.19. The van der Waals surface area contributed by atoms with Gasteiger partial charge >= 0.3 is 5.76 Å². The van der Waals surface area contributed by atoms with Crippen LogP contribution >= 0.6 is 0 Å². The molecule has 0 fully saturated rings. The molecule has 0 aliphatic heterocycles. The lowest BCUT2D eigenvalue weighted by molar-refractivity contribution is 0.234. The van der Waals surface area contributed by atoms with Gasteiger partial charge in [-0.2, -0.15) is 8.78 Å². The summed E-state index contributed by atoms with van der Waals surface area (Å²) < 4.78 is 73.8. The molecule has 0 saturated heterocycles. The molecule has 0 spiro atoms. The van der Waals surface area contributed by atoms with Crippen molar-refractivity contribution < 1.29 is 26.0 Å². The molecule has 94 valence electrons. The summed E-state index contributed by atoms with van der Waals surface area (Å²) in [5.74, 6) is -4.34. The van der Waals surface area contributed by atoms with Gasteiger partial charge in [0.25, 0.3) is 0 Å². The monoisotopic (exact) mass is 268 g/mol. The van der Waals surface area contributed by atoms with Gasteiger partial charge in [0.15, 0.2) is 0 Å². The van der Waals surface area contributed by atoms with Gasteiger partial charge in [0.1, 0.15) is 12.0 Å². The van der Waals surface area contributed by atoms with E-state index in [1.165, 1.54) is 0 Å². The Morgan fingerprint density at radius 2 is 1.76 bits per heavy atom. The first-order chi connectivity index (χ1) is 7.84. The van der Waals surface area contributed by atoms with E-state index in [1.54, 1.807) is 0 Å². The van der Waals surface area contributed by atoms with Crippen LogP contribution < -0.4 is 0 Å². The Hall–Kier alpha value is -1.11. The lowest BCUT2D eigenvalue weighted by Crippen LogP contribution is -2.14. The molecule has 1 aromatic carbocycles. The number of benzene rings is 1. The highest BCUT2D eigenvalue weighted by atomic mass is 32.2. The van der Waals surface area contributed by atoms with Gasteiger partial charge < -0.3 is 0 Å². The van der Waals surface area contributed by atoms with E-state index in [4.69, 9.17) is 0 Å². The molecule has 0 aromatic heterocycles. The summed E-state index contributed by atoms with van der Waals surface area (Å²) in [6, 6.07) is 1.56. The van der Waals surface area contributed by atoms with E-state index in [0.717, 1.165) is 12.1 Å². The number of halogens is 4. The Bertz CT molecular complexity index is 554. The Labute approximate surface area is 95.2 Å². The normalized spacial score (nSPS) is 19.7. The molecule has 2 rings (SSSR count). The number of fused-ring (bicyclic) bond motifs is 1. The minimum absolute atomic E-state index is 0.112. The van der Waals surface area contributed by atoms with Gasteiger partial charge in [-0.1, -0.05) is 0 Å². The SMILES string of the molecule is O=S(=O)(c1ccc(F)c2c1CC(F)C2)C(F)F. The minimum Gasteiger partial charge on any atom is -0.247 e. The maximum atomic E-state index is 13.3. The lowest BCUT2D eigenvalue weighted by atomic mass is 10.1. The first-order valence-corrected chi connectivity index (χ1v) is 6.35. The van der Waals surface area contributed by atoms with E-state index in [9.17, 15) is 26.0 Å². The van der Waals surface area contributed by atoms with Gasteiger partial charge in [0.05, 0.1) is 4.90 Å². The van der Waals surface area contributed by atoms with Crippen LogP contribution in [-0.2, 0) is 22.7 Å². The molecule has 1 aliphatic rings. The van der Waals surface area contributed by atoms with Gasteiger partial charge in [-0.3, -0.25) is 0 Å². The second-order valence-corrected chi connectivity index (χ2v) is 5.70. The molecular formula is C10H8F4O2S. The fraction of sp³-hybridized carbons (Fsp3) is 0.400. The zero-order valence-corrected chi connectivity index (χ0v) is 9.28. The number of alkyl halides is 3. The van der Waals surface area contributed by atoms with Gasteiger partial charge in [0.2, 0.25) is 9.84 Å². The third-order valence-electron chi connectivity index (χ3n) is 2.72. The first-order valence-electron chi connectivity index (χ1n) is 4.80. The van der Waals surface area contributed by atoms with Crippen molar-refractivity contribution in [1.82, 2.24) is 0 Å². The molecule has 0 bridgehead atoms. The largest absolute Gasteiger partial charge is 0.341 e. The quantitative estimate of drug-likeness (QED) is 0.609. The van der Waals surface area contributed by atoms with Crippen molar-refractivity contribution in [3.8, 4) is 0 Å². The zero-order valence-electron chi connectivity index (χ0n) is 8.46. The minimum atomic E-state index is -4.81. The summed E-state index contributed by atoms with van der Waals surface area (Å²) in [5.41, 5.74) is -0.267. The number of sulfone groups is 1. The predicted octanol–water partition coefficient (Wildman–Crippen LogP) is 2.26. The molecule has 0 amide bonds. The maximum absolute atomic E-state index is 13.3. The summed E-state index contributed by atoms with van der Waals surface area (Å²) in [7, 11) is -4.81. The fourth-order valence-corrected chi connectivity index (χ4v) is 2.96. The van der Waals surface area contributed by atoms with Gasteiger partial charge in [-0.15, -0.1) is 0 Å². The summed E-state index contributed by atoms with van der Waals surface area (Å²) >= 11 is 0. The predicted molar refractivity (Wildman–Crippen MR) is 51.9 cm³/mol. The molecule has 1 aromatic rings. The van der Waals surface area contributed by atoms with Gasteiger partial charge in [-0.05, 0) is 23.3 Å². The molecule has 7 heteroatoms.